The Morgan fingerprint density at radius 1 is 1.09 bits per heavy atom. The lowest BCUT2D eigenvalue weighted by molar-refractivity contribution is 0.330. The summed E-state index contributed by atoms with van der Waals surface area (Å²) in [5.74, 6) is 2.62. The topological polar surface area (TPSA) is 0 Å². The molecule has 0 aromatic heterocycles. The summed E-state index contributed by atoms with van der Waals surface area (Å²) in [6.07, 6.45) is 12.0. The van der Waals surface area contributed by atoms with Gasteiger partial charge < -0.3 is 0 Å². The van der Waals surface area contributed by atoms with Gasteiger partial charge >= 0.3 is 0 Å². The van der Waals surface area contributed by atoms with Crippen LogP contribution < -0.4 is 0 Å². The molecule has 0 fully saturated rings. The first-order valence-corrected chi connectivity index (χ1v) is 4.21. The van der Waals surface area contributed by atoms with Crippen LogP contribution in [0.5, 0.6) is 0 Å². The molecule has 0 aromatic carbocycles. The van der Waals surface area contributed by atoms with E-state index in [0.29, 0.717) is 0 Å². The summed E-state index contributed by atoms with van der Waals surface area (Å²) in [6, 6.07) is 0. The maximum absolute atomic E-state index is 2.39. The lowest BCUT2D eigenvalue weighted by Gasteiger charge is -2.26. The molecule has 0 heterocycles. The van der Waals surface area contributed by atoms with Crippen molar-refractivity contribution in [2.75, 3.05) is 0 Å². The van der Waals surface area contributed by atoms with E-state index in [0.717, 1.165) is 17.8 Å². The van der Waals surface area contributed by atoms with Crippen molar-refractivity contribution in [1.82, 2.24) is 0 Å². The molecule has 0 radical (unpaired) electrons. The van der Waals surface area contributed by atoms with Crippen LogP contribution in [0.1, 0.15) is 27.2 Å². The van der Waals surface area contributed by atoms with E-state index in [2.05, 4.69) is 31.2 Å². The van der Waals surface area contributed by atoms with Gasteiger partial charge in [-0.25, -0.2) is 0 Å². The molecule has 2 aliphatic carbocycles. The Bertz CT molecular complexity index is 176. The van der Waals surface area contributed by atoms with E-state index >= 15 is 0 Å². The summed E-state index contributed by atoms with van der Waals surface area (Å²) >= 11 is 0. The maximum atomic E-state index is 2.39. The SMILES string of the molecule is C.CC1C=CCC2C=CCC12. The lowest BCUT2D eigenvalue weighted by Crippen LogP contribution is -2.18. The summed E-state index contributed by atoms with van der Waals surface area (Å²) < 4.78 is 0. The fraction of sp³-hybridized carbons (Fsp3) is 0.636. The normalized spacial score (nSPS) is 39.9. The van der Waals surface area contributed by atoms with E-state index in [9.17, 15) is 0 Å². The first-order valence-electron chi connectivity index (χ1n) is 4.21. The zero-order chi connectivity index (χ0) is 6.97. The second-order valence-corrected chi connectivity index (χ2v) is 3.51. The van der Waals surface area contributed by atoms with Gasteiger partial charge in [-0.2, -0.15) is 0 Å². The number of hydrogen-bond acceptors (Lipinski definition) is 0. The fourth-order valence-corrected chi connectivity index (χ4v) is 2.18. The van der Waals surface area contributed by atoms with Crippen molar-refractivity contribution in [1.29, 1.82) is 0 Å². The molecule has 0 amide bonds. The Kier molecular flexibility index (Phi) is 2.53. The van der Waals surface area contributed by atoms with Crippen molar-refractivity contribution < 1.29 is 0 Å². The maximum Gasteiger partial charge on any atom is -0.0162 e. The van der Waals surface area contributed by atoms with E-state index in [4.69, 9.17) is 0 Å². The summed E-state index contributed by atoms with van der Waals surface area (Å²) in [5, 5.41) is 0. The molecular formula is C11H18. The molecule has 0 aliphatic heterocycles. The smallest absolute Gasteiger partial charge is 0.0162 e. The lowest BCUT2D eigenvalue weighted by atomic mass is 9.79. The number of allylic oxidation sites excluding steroid dienone is 4. The standard InChI is InChI=1S/C10H14.CH4/c1-8-4-2-5-9-6-3-7-10(8)9;/h2-4,6,8-10H,5,7H2,1H3;1H4. The van der Waals surface area contributed by atoms with Gasteiger partial charge in [0.1, 0.15) is 0 Å². The molecule has 11 heavy (non-hydrogen) atoms. The highest BCUT2D eigenvalue weighted by Crippen LogP contribution is 2.37. The van der Waals surface area contributed by atoms with Crippen LogP contribution in [-0.4, -0.2) is 0 Å². The summed E-state index contributed by atoms with van der Waals surface area (Å²) in [5.41, 5.74) is 0. The minimum Gasteiger partial charge on any atom is -0.0879 e. The van der Waals surface area contributed by atoms with Crippen LogP contribution in [0.3, 0.4) is 0 Å². The van der Waals surface area contributed by atoms with Crippen LogP contribution in [0, 0.1) is 17.8 Å². The van der Waals surface area contributed by atoms with E-state index in [1.807, 2.05) is 0 Å². The molecule has 0 aromatic rings. The van der Waals surface area contributed by atoms with Crippen molar-refractivity contribution >= 4 is 0 Å². The van der Waals surface area contributed by atoms with E-state index < -0.39 is 0 Å². The average molecular weight is 150 g/mol. The third kappa shape index (κ3) is 1.40. The Hall–Kier alpha value is -0.520. The number of rotatable bonds is 0. The second kappa shape index (κ2) is 3.25. The van der Waals surface area contributed by atoms with Crippen LogP contribution >= 0.6 is 0 Å². The van der Waals surface area contributed by atoms with Crippen molar-refractivity contribution in [3.8, 4) is 0 Å². The molecule has 0 bridgehead atoms. The molecule has 0 heteroatoms. The number of fused-ring (bicyclic) bond motifs is 1. The van der Waals surface area contributed by atoms with Gasteiger partial charge in [-0.3, -0.25) is 0 Å². The van der Waals surface area contributed by atoms with Crippen molar-refractivity contribution in [2.45, 2.75) is 27.2 Å². The van der Waals surface area contributed by atoms with Gasteiger partial charge in [-0.15, -0.1) is 0 Å². The van der Waals surface area contributed by atoms with Gasteiger partial charge in [0.2, 0.25) is 0 Å². The molecule has 62 valence electrons. The molecule has 3 unspecified atom stereocenters. The Balaban J connectivity index is 0.000000605. The Labute approximate surface area is 70.0 Å². The van der Waals surface area contributed by atoms with Crippen LogP contribution in [0.25, 0.3) is 0 Å². The van der Waals surface area contributed by atoms with Gasteiger partial charge in [0.15, 0.2) is 0 Å². The highest BCUT2D eigenvalue weighted by Gasteiger charge is 2.27. The molecule has 0 saturated carbocycles. The number of hydrogen-bond donors (Lipinski definition) is 0. The molecular weight excluding hydrogens is 132 g/mol. The molecule has 0 spiro atoms. The third-order valence-electron chi connectivity index (χ3n) is 2.86. The first-order chi connectivity index (χ1) is 4.88. The molecule has 3 atom stereocenters. The van der Waals surface area contributed by atoms with Crippen molar-refractivity contribution in [3.05, 3.63) is 24.3 Å². The monoisotopic (exact) mass is 150 g/mol. The van der Waals surface area contributed by atoms with Gasteiger partial charge in [0.25, 0.3) is 0 Å². The molecule has 0 saturated heterocycles. The minimum absolute atomic E-state index is 0. The fourth-order valence-electron chi connectivity index (χ4n) is 2.18. The third-order valence-corrected chi connectivity index (χ3v) is 2.86. The van der Waals surface area contributed by atoms with Crippen molar-refractivity contribution in [3.63, 3.8) is 0 Å². The zero-order valence-corrected chi connectivity index (χ0v) is 6.46. The van der Waals surface area contributed by atoms with Gasteiger partial charge in [-0.05, 0) is 30.6 Å². The van der Waals surface area contributed by atoms with Crippen molar-refractivity contribution in [2.24, 2.45) is 17.8 Å². The minimum atomic E-state index is 0. The molecule has 0 nitrogen and oxygen atoms in total. The second-order valence-electron chi connectivity index (χ2n) is 3.51. The van der Waals surface area contributed by atoms with Crippen LogP contribution in [-0.2, 0) is 0 Å². The predicted octanol–water partition coefficient (Wildman–Crippen LogP) is 3.41. The average Bonchev–Trinajstić information content (AvgIpc) is 2.36. The summed E-state index contributed by atoms with van der Waals surface area (Å²) in [7, 11) is 0. The van der Waals surface area contributed by atoms with Crippen LogP contribution in [0.2, 0.25) is 0 Å². The highest BCUT2D eigenvalue weighted by atomic mass is 14.3. The van der Waals surface area contributed by atoms with Crippen LogP contribution in [0.15, 0.2) is 24.3 Å². The van der Waals surface area contributed by atoms with Gasteiger partial charge in [0.05, 0.1) is 0 Å². The van der Waals surface area contributed by atoms with Crippen LogP contribution in [0.4, 0.5) is 0 Å². The predicted molar refractivity (Wildman–Crippen MR) is 50.4 cm³/mol. The van der Waals surface area contributed by atoms with E-state index in [1.54, 1.807) is 0 Å². The Morgan fingerprint density at radius 3 is 2.55 bits per heavy atom. The Morgan fingerprint density at radius 2 is 1.82 bits per heavy atom. The largest absolute Gasteiger partial charge is 0.0879 e. The van der Waals surface area contributed by atoms with Gasteiger partial charge in [0, 0.05) is 0 Å². The zero-order valence-electron chi connectivity index (χ0n) is 6.46. The molecule has 0 N–H and O–H groups in total. The first kappa shape index (κ1) is 8.58. The quantitative estimate of drug-likeness (QED) is 0.464. The molecule has 2 aliphatic rings. The van der Waals surface area contributed by atoms with E-state index in [-0.39, 0.29) is 7.43 Å². The highest BCUT2D eigenvalue weighted by molar-refractivity contribution is 5.11. The van der Waals surface area contributed by atoms with Gasteiger partial charge in [-0.1, -0.05) is 38.7 Å². The molecule has 2 rings (SSSR count). The summed E-state index contributed by atoms with van der Waals surface area (Å²) in [6.45, 7) is 2.33. The summed E-state index contributed by atoms with van der Waals surface area (Å²) in [4.78, 5) is 0. The van der Waals surface area contributed by atoms with E-state index in [1.165, 1.54) is 12.8 Å².